The van der Waals surface area contributed by atoms with Gasteiger partial charge in [0.2, 0.25) is 11.9 Å². The molecule has 0 aliphatic carbocycles. The zero-order valence-corrected chi connectivity index (χ0v) is 11.6. The van der Waals surface area contributed by atoms with Crippen LogP contribution in [0.4, 0.5) is 5.95 Å². The van der Waals surface area contributed by atoms with Gasteiger partial charge in [0.1, 0.15) is 0 Å². The van der Waals surface area contributed by atoms with Gasteiger partial charge in [0.05, 0.1) is 17.9 Å². The van der Waals surface area contributed by atoms with Crippen molar-refractivity contribution in [1.82, 2.24) is 15.3 Å². The number of aromatic nitrogens is 2. The van der Waals surface area contributed by atoms with Crippen molar-refractivity contribution in [2.24, 2.45) is 0 Å². The first-order chi connectivity index (χ1) is 9.60. The van der Waals surface area contributed by atoms with E-state index in [2.05, 4.69) is 20.6 Å². The standard InChI is InChI=1S/C13H18N4O3/c1-3-20-12(19)10-7-15-13(16-8(10)2)17-9-4-5-11(18)14-6-9/h7,9H,3-6H2,1-2H3,(H,14,18)(H,15,16,17). The highest BCUT2D eigenvalue weighted by Gasteiger charge is 2.19. The molecule has 1 aliphatic rings. The summed E-state index contributed by atoms with van der Waals surface area (Å²) in [6, 6.07) is 0.112. The fraction of sp³-hybridized carbons (Fsp3) is 0.538. The molecule has 0 saturated carbocycles. The van der Waals surface area contributed by atoms with E-state index in [1.807, 2.05) is 0 Å². The number of anilines is 1. The Balaban J connectivity index is 2.01. The van der Waals surface area contributed by atoms with Gasteiger partial charge in [0.15, 0.2) is 0 Å². The zero-order chi connectivity index (χ0) is 14.5. The molecule has 0 radical (unpaired) electrons. The molecule has 20 heavy (non-hydrogen) atoms. The number of nitrogens with zero attached hydrogens (tertiary/aromatic N) is 2. The van der Waals surface area contributed by atoms with E-state index in [1.54, 1.807) is 13.8 Å². The summed E-state index contributed by atoms with van der Waals surface area (Å²) < 4.78 is 4.92. The number of amides is 1. The summed E-state index contributed by atoms with van der Waals surface area (Å²) in [4.78, 5) is 31.1. The number of hydrogen-bond donors (Lipinski definition) is 2. The lowest BCUT2D eigenvalue weighted by atomic mass is 10.1. The maximum Gasteiger partial charge on any atom is 0.341 e. The summed E-state index contributed by atoms with van der Waals surface area (Å²) in [5, 5.41) is 5.93. The third-order valence-corrected chi connectivity index (χ3v) is 3.07. The average Bonchev–Trinajstić information content (AvgIpc) is 2.42. The lowest BCUT2D eigenvalue weighted by Gasteiger charge is -2.23. The van der Waals surface area contributed by atoms with Gasteiger partial charge in [-0.05, 0) is 20.3 Å². The van der Waals surface area contributed by atoms with Crippen LogP contribution in [-0.2, 0) is 9.53 Å². The second-order valence-electron chi connectivity index (χ2n) is 4.60. The van der Waals surface area contributed by atoms with Gasteiger partial charge in [-0.3, -0.25) is 4.79 Å². The minimum atomic E-state index is -0.415. The van der Waals surface area contributed by atoms with Crippen LogP contribution in [-0.4, -0.2) is 41.0 Å². The van der Waals surface area contributed by atoms with Crippen LogP contribution in [0, 0.1) is 6.92 Å². The molecule has 7 heteroatoms. The number of carbonyl (C=O) groups is 2. The van der Waals surface area contributed by atoms with Crippen molar-refractivity contribution in [2.75, 3.05) is 18.5 Å². The summed E-state index contributed by atoms with van der Waals surface area (Å²) in [5.74, 6) is 0.107. The van der Waals surface area contributed by atoms with Gasteiger partial charge in [-0.1, -0.05) is 0 Å². The molecule has 2 heterocycles. The first-order valence-corrected chi connectivity index (χ1v) is 6.64. The minimum absolute atomic E-state index is 0.0674. The SMILES string of the molecule is CCOC(=O)c1cnc(NC2CCC(=O)NC2)nc1C. The topological polar surface area (TPSA) is 93.2 Å². The van der Waals surface area contributed by atoms with Crippen LogP contribution < -0.4 is 10.6 Å². The van der Waals surface area contributed by atoms with E-state index in [1.165, 1.54) is 6.20 Å². The van der Waals surface area contributed by atoms with E-state index < -0.39 is 5.97 Å². The van der Waals surface area contributed by atoms with Crippen molar-refractivity contribution in [3.63, 3.8) is 0 Å². The van der Waals surface area contributed by atoms with Crippen LogP contribution in [0.25, 0.3) is 0 Å². The maximum atomic E-state index is 11.6. The number of esters is 1. The molecule has 0 bridgehead atoms. The molecule has 0 spiro atoms. The van der Waals surface area contributed by atoms with Gasteiger partial charge in [0, 0.05) is 25.2 Å². The highest BCUT2D eigenvalue weighted by molar-refractivity contribution is 5.90. The third-order valence-electron chi connectivity index (χ3n) is 3.07. The van der Waals surface area contributed by atoms with Crippen LogP contribution >= 0.6 is 0 Å². The summed E-state index contributed by atoms with van der Waals surface area (Å²) >= 11 is 0. The molecule has 108 valence electrons. The van der Waals surface area contributed by atoms with Crippen LogP contribution in [0.2, 0.25) is 0 Å². The van der Waals surface area contributed by atoms with Crippen molar-refractivity contribution in [3.8, 4) is 0 Å². The normalized spacial score (nSPS) is 18.3. The summed E-state index contributed by atoms with van der Waals surface area (Å²) in [6.07, 6.45) is 2.70. The second kappa shape index (κ2) is 6.31. The summed E-state index contributed by atoms with van der Waals surface area (Å²) in [7, 11) is 0. The number of carbonyl (C=O) groups excluding carboxylic acids is 2. The molecular formula is C13H18N4O3. The Morgan fingerprint density at radius 3 is 3.00 bits per heavy atom. The molecule has 1 atom stereocenters. The number of aryl methyl sites for hydroxylation is 1. The van der Waals surface area contributed by atoms with Crippen molar-refractivity contribution in [1.29, 1.82) is 0 Å². The highest BCUT2D eigenvalue weighted by atomic mass is 16.5. The van der Waals surface area contributed by atoms with Crippen molar-refractivity contribution in [2.45, 2.75) is 32.7 Å². The second-order valence-corrected chi connectivity index (χ2v) is 4.60. The van der Waals surface area contributed by atoms with E-state index in [4.69, 9.17) is 4.74 Å². The Kier molecular flexibility index (Phi) is 4.49. The van der Waals surface area contributed by atoms with Gasteiger partial charge >= 0.3 is 5.97 Å². The highest BCUT2D eigenvalue weighted by Crippen LogP contribution is 2.12. The van der Waals surface area contributed by atoms with Crippen LogP contribution in [0.3, 0.4) is 0 Å². The first kappa shape index (κ1) is 14.2. The number of nitrogens with one attached hydrogen (secondary N) is 2. The molecule has 0 aromatic carbocycles. The Labute approximate surface area is 117 Å². The van der Waals surface area contributed by atoms with E-state index >= 15 is 0 Å². The van der Waals surface area contributed by atoms with Crippen LogP contribution in [0.5, 0.6) is 0 Å². The fourth-order valence-electron chi connectivity index (χ4n) is 1.98. The molecule has 1 saturated heterocycles. The van der Waals surface area contributed by atoms with Gasteiger partial charge in [0.25, 0.3) is 0 Å². The quantitative estimate of drug-likeness (QED) is 0.786. The van der Waals surface area contributed by atoms with Crippen molar-refractivity contribution >= 4 is 17.8 Å². The molecular weight excluding hydrogens is 260 g/mol. The minimum Gasteiger partial charge on any atom is -0.462 e. The van der Waals surface area contributed by atoms with E-state index in [-0.39, 0.29) is 11.9 Å². The lowest BCUT2D eigenvalue weighted by molar-refractivity contribution is -0.122. The predicted molar refractivity (Wildman–Crippen MR) is 72.4 cm³/mol. The molecule has 1 aliphatic heterocycles. The molecule has 1 aromatic rings. The molecule has 2 rings (SSSR count). The first-order valence-electron chi connectivity index (χ1n) is 6.64. The molecule has 1 aromatic heterocycles. The Morgan fingerprint density at radius 2 is 2.40 bits per heavy atom. The third kappa shape index (κ3) is 3.43. The van der Waals surface area contributed by atoms with Gasteiger partial charge in [-0.25, -0.2) is 14.8 Å². The lowest BCUT2D eigenvalue weighted by Crippen LogP contribution is -2.42. The van der Waals surface area contributed by atoms with Crippen molar-refractivity contribution < 1.29 is 14.3 Å². The maximum absolute atomic E-state index is 11.6. The smallest absolute Gasteiger partial charge is 0.341 e. The average molecular weight is 278 g/mol. The number of ether oxygens (including phenoxy) is 1. The summed E-state index contributed by atoms with van der Waals surface area (Å²) in [5.41, 5.74) is 0.940. The summed E-state index contributed by atoms with van der Waals surface area (Å²) in [6.45, 7) is 4.37. The molecule has 7 nitrogen and oxygen atoms in total. The van der Waals surface area contributed by atoms with E-state index in [0.717, 1.165) is 6.42 Å². The van der Waals surface area contributed by atoms with Crippen molar-refractivity contribution in [3.05, 3.63) is 17.5 Å². The van der Waals surface area contributed by atoms with Crippen LogP contribution in [0.1, 0.15) is 35.8 Å². The molecule has 1 amide bonds. The fourth-order valence-corrected chi connectivity index (χ4v) is 1.98. The van der Waals surface area contributed by atoms with Crippen LogP contribution in [0.15, 0.2) is 6.20 Å². The predicted octanol–water partition coefficient (Wildman–Crippen LogP) is 0.652. The van der Waals surface area contributed by atoms with E-state index in [9.17, 15) is 9.59 Å². The van der Waals surface area contributed by atoms with Gasteiger partial charge < -0.3 is 15.4 Å². The number of hydrogen-bond acceptors (Lipinski definition) is 6. The Morgan fingerprint density at radius 1 is 1.60 bits per heavy atom. The Bertz CT molecular complexity index is 508. The van der Waals surface area contributed by atoms with E-state index in [0.29, 0.717) is 36.8 Å². The largest absolute Gasteiger partial charge is 0.462 e. The molecule has 1 fully saturated rings. The Hall–Kier alpha value is -2.18. The van der Waals surface area contributed by atoms with Gasteiger partial charge in [-0.15, -0.1) is 0 Å². The zero-order valence-electron chi connectivity index (χ0n) is 11.6. The number of piperidine rings is 1. The monoisotopic (exact) mass is 278 g/mol. The van der Waals surface area contributed by atoms with Gasteiger partial charge in [-0.2, -0.15) is 0 Å². The molecule has 2 N–H and O–H groups in total. The number of rotatable bonds is 4. The molecule has 1 unspecified atom stereocenters.